The molecule has 0 radical (unpaired) electrons. The molecule has 0 fully saturated rings. The fourth-order valence-electron chi connectivity index (χ4n) is 1.69. The van der Waals surface area contributed by atoms with Crippen LogP contribution in [-0.2, 0) is 0 Å². The van der Waals surface area contributed by atoms with Crippen LogP contribution in [0.2, 0.25) is 0 Å². The van der Waals surface area contributed by atoms with Gasteiger partial charge in [-0.25, -0.2) is 4.39 Å². The van der Waals surface area contributed by atoms with E-state index < -0.39 is 18.2 Å². The fraction of sp³-hybridized carbons (Fsp3) is 0.250. The number of aromatic amines is 1. The maximum atomic E-state index is 13.4. The molecule has 1 heterocycles. The average Bonchev–Trinajstić information content (AvgIpc) is 2.88. The molecule has 0 saturated heterocycles. The van der Waals surface area contributed by atoms with Gasteiger partial charge in [0.15, 0.2) is 11.6 Å². The zero-order valence-corrected chi connectivity index (χ0v) is 10.5. The van der Waals surface area contributed by atoms with Crippen LogP contribution < -0.4 is 15.8 Å². The third-order valence-corrected chi connectivity index (χ3v) is 2.71. The van der Waals surface area contributed by atoms with Crippen molar-refractivity contribution in [3.63, 3.8) is 0 Å². The third-order valence-electron chi connectivity index (χ3n) is 2.71. The Morgan fingerprint density at radius 2 is 2.15 bits per heavy atom. The van der Waals surface area contributed by atoms with Crippen molar-refractivity contribution < 1.29 is 17.9 Å². The van der Waals surface area contributed by atoms with E-state index in [1.54, 1.807) is 12.4 Å². The first-order valence-electron chi connectivity index (χ1n) is 5.76. The Labute approximate surface area is 112 Å². The van der Waals surface area contributed by atoms with Crippen molar-refractivity contribution in [2.45, 2.75) is 19.6 Å². The Kier molecular flexibility index (Phi) is 4.02. The Balaban J connectivity index is 2.22. The highest BCUT2D eigenvalue weighted by atomic mass is 19.3. The predicted molar refractivity (Wildman–Crippen MR) is 68.1 cm³/mol. The van der Waals surface area contributed by atoms with Crippen molar-refractivity contribution in [3.05, 3.63) is 35.9 Å². The Hall–Kier alpha value is -2.38. The third kappa shape index (κ3) is 3.14. The maximum Gasteiger partial charge on any atom is 0.387 e. The first-order valence-corrected chi connectivity index (χ1v) is 5.76. The van der Waals surface area contributed by atoms with E-state index in [1.165, 1.54) is 0 Å². The minimum atomic E-state index is -3.10. The smallest absolute Gasteiger partial charge is 0.387 e. The van der Waals surface area contributed by atoms with E-state index in [-0.39, 0.29) is 11.7 Å². The monoisotopic (exact) mass is 286 g/mol. The van der Waals surface area contributed by atoms with Crippen LogP contribution in [0.15, 0.2) is 24.5 Å². The van der Waals surface area contributed by atoms with Crippen LogP contribution in [0, 0.1) is 5.82 Å². The van der Waals surface area contributed by atoms with Gasteiger partial charge in [0.05, 0.1) is 23.6 Å². The van der Waals surface area contributed by atoms with Crippen LogP contribution in [0.1, 0.15) is 18.5 Å². The van der Waals surface area contributed by atoms with Crippen molar-refractivity contribution in [2.24, 2.45) is 0 Å². The number of H-pyrrole nitrogens is 1. The lowest BCUT2D eigenvalue weighted by atomic mass is 10.1. The number of hydrogen-bond donors (Lipinski definition) is 3. The van der Waals surface area contributed by atoms with Crippen LogP contribution in [0.4, 0.5) is 24.5 Å². The molecule has 1 aromatic heterocycles. The van der Waals surface area contributed by atoms with Gasteiger partial charge in [-0.05, 0) is 6.92 Å². The van der Waals surface area contributed by atoms with E-state index in [0.717, 1.165) is 17.7 Å². The largest absolute Gasteiger partial charge is 0.432 e. The van der Waals surface area contributed by atoms with Gasteiger partial charge in [-0.3, -0.25) is 5.10 Å². The molecule has 1 atom stereocenters. The minimum absolute atomic E-state index is 0.0967. The molecule has 0 aliphatic rings. The van der Waals surface area contributed by atoms with E-state index in [0.29, 0.717) is 5.69 Å². The van der Waals surface area contributed by atoms with Gasteiger partial charge in [0.2, 0.25) is 0 Å². The van der Waals surface area contributed by atoms with E-state index in [9.17, 15) is 13.2 Å². The number of halogens is 3. The molecule has 0 aliphatic heterocycles. The quantitative estimate of drug-likeness (QED) is 0.739. The molecular formula is C12H13F3N4O. The van der Waals surface area contributed by atoms with Crippen LogP contribution in [0.5, 0.6) is 5.75 Å². The van der Waals surface area contributed by atoms with E-state index in [1.807, 2.05) is 6.92 Å². The number of nitrogen functional groups attached to an aromatic ring is 1. The normalized spacial score (nSPS) is 12.4. The number of nitrogens with one attached hydrogen (secondary N) is 2. The number of alkyl halides is 2. The standard InChI is InChI=1S/C12H13F3N4O/c1-6(7-4-17-18-5-7)19-10-3-11(20-12(14)15)8(13)2-9(10)16/h2-6,12,19H,16H2,1H3,(H,17,18). The van der Waals surface area contributed by atoms with Crippen molar-refractivity contribution in [3.8, 4) is 5.75 Å². The zero-order valence-electron chi connectivity index (χ0n) is 10.5. The molecule has 4 N–H and O–H groups in total. The molecular weight excluding hydrogens is 273 g/mol. The molecule has 2 rings (SSSR count). The summed E-state index contributed by atoms with van der Waals surface area (Å²) in [7, 11) is 0. The minimum Gasteiger partial charge on any atom is -0.432 e. The lowest BCUT2D eigenvalue weighted by Crippen LogP contribution is -2.10. The second-order valence-electron chi connectivity index (χ2n) is 4.15. The van der Waals surface area contributed by atoms with Crippen molar-refractivity contribution >= 4 is 11.4 Å². The molecule has 20 heavy (non-hydrogen) atoms. The molecule has 1 aromatic carbocycles. The first kappa shape index (κ1) is 14.0. The summed E-state index contributed by atoms with van der Waals surface area (Å²) in [4.78, 5) is 0. The molecule has 0 bridgehead atoms. The number of benzene rings is 1. The van der Waals surface area contributed by atoms with Gasteiger partial charge in [-0.2, -0.15) is 13.9 Å². The van der Waals surface area contributed by atoms with Crippen molar-refractivity contribution in [1.82, 2.24) is 10.2 Å². The molecule has 0 spiro atoms. The molecule has 1 unspecified atom stereocenters. The lowest BCUT2D eigenvalue weighted by molar-refractivity contribution is -0.0521. The summed E-state index contributed by atoms with van der Waals surface area (Å²) >= 11 is 0. The Morgan fingerprint density at radius 1 is 1.40 bits per heavy atom. The maximum absolute atomic E-state index is 13.4. The summed E-state index contributed by atoms with van der Waals surface area (Å²) in [5, 5.41) is 9.43. The number of nitrogens with two attached hydrogens (primary N) is 1. The summed E-state index contributed by atoms with van der Waals surface area (Å²) in [6.07, 6.45) is 3.28. The van der Waals surface area contributed by atoms with Gasteiger partial charge in [0, 0.05) is 23.9 Å². The van der Waals surface area contributed by atoms with Crippen molar-refractivity contribution in [2.75, 3.05) is 11.1 Å². The highest BCUT2D eigenvalue weighted by Crippen LogP contribution is 2.31. The van der Waals surface area contributed by atoms with Crippen LogP contribution in [-0.4, -0.2) is 16.8 Å². The predicted octanol–water partition coefficient (Wildman–Crippen LogP) is 2.91. The van der Waals surface area contributed by atoms with E-state index in [4.69, 9.17) is 5.73 Å². The lowest BCUT2D eigenvalue weighted by Gasteiger charge is -2.17. The number of rotatable bonds is 5. The molecule has 0 aliphatic carbocycles. The van der Waals surface area contributed by atoms with E-state index in [2.05, 4.69) is 20.3 Å². The number of aromatic nitrogens is 2. The molecule has 5 nitrogen and oxygen atoms in total. The number of nitrogens with zero attached hydrogens (tertiary/aromatic N) is 1. The van der Waals surface area contributed by atoms with Crippen molar-refractivity contribution in [1.29, 1.82) is 0 Å². The molecule has 0 amide bonds. The Bertz CT molecular complexity index is 574. The molecule has 0 saturated carbocycles. The summed E-state index contributed by atoms with van der Waals surface area (Å²) in [5.41, 5.74) is 6.89. The SMILES string of the molecule is CC(Nc1cc(OC(F)F)c(F)cc1N)c1cn[nH]c1. The second-order valence-corrected chi connectivity index (χ2v) is 4.15. The van der Waals surface area contributed by atoms with Gasteiger partial charge in [-0.15, -0.1) is 0 Å². The molecule has 8 heteroatoms. The van der Waals surface area contributed by atoms with Gasteiger partial charge >= 0.3 is 6.61 Å². The van der Waals surface area contributed by atoms with Gasteiger partial charge < -0.3 is 15.8 Å². The summed E-state index contributed by atoms with van der Waals surface area (Å²) in [6, 6.07) is 1.84. The zero-order chi connectivity index (χ0) is 14.7. The van der Waals surface area contributed by atoms with Crippen LogP contribution >= 0.6 is 0 Å². The Morgan fingerprint density at radius 3 is 2.75 bits per heavy atom. The number of ether oxygens (including phenoxy) is 1. The van der Waals surface area contributed by atoms with Gasteiger partial charge in [-0.1, -0.05) is 0 Å². The van der Waals surface area contributed by atoms with Gasteiger partial charge in [0.1, 0.15) is 0 Å². The summed E-state index contributed by atoms with van der Waals surface area (Å²) in [6.45, 7) is -1.28. The summed E-state index contributed by atoms with van der Waals surface area (Å²) < 4.78 is 41.8. The topological polar surface area (TPSA) is 76.0 Å². The highest BCUT2D eigenvalue weighted by Gasteiger charge is 2.15. The van der Waals surface area contributed by atoms with Crippen LogP contribution in [0.3, 0.4) is 0 Å². The van der Waals surface area contributed by atoms with E-state index >= 15 is 0 Å². The number of anilines is 2. The molecule has 108 valence electrons. The highest BCUT2D eigenvalue weighted by molar-refractivity contribution is 5.69. The van der Waals surface area contributed by atoms with Crippen LogP contribution in [0.25, 0.3) is 0 Å². The first-order chi connectivity index (χ1) is 9.47. The average molecular weight is 286 g/mol. The molecule has 2 aromatic rings. The van der Waals surface area contributed by atoms with Gasteiger partial charge in [0.25, 0.3) is 0 Å². The fourth-order valence-corrected chi connectivity index (χ4v) is 1.69. The number of hydrogen-bond acceptors (Lipinski definition) is 4. The summed E-state index contributed by atoms with van der Waals surface area (Å²) in [5.74, 6) is -1.50. The second kappa shape index (κ2) is 5.72.